The Bertz CT molecular complexity index is 526. The fraction of sp³-hybridized carbons (Fsp3) is 0.300. The zero-order valence-electron chi connectivity index (χ0n) is 10.2. The maximum atomic E-state index is 11.0. The van der Waals surface area contributed by atoms with Crippen molar-refractivity contribution in [3.63, 3.8) is 0 Å². The average molecular weight is 489 g/mol. The molecular weight excluding hydrogens is 480 g/mol. The monoisotopic (exact) mass is 490 g/mol. The van der Waals surface area contributed by atoms with Crippen LogP contribution >= 0.6 is 8.25 Å². The second kappa shape index (κ2) is 8.10. The third-order valence-corrected chi connectivity index (χ3v) is 7.56. The summed E-state index contributed by atoms with van der Waals surface area (Å²) in [6, 6.07) is 3.26. The summed E-state index contributed by atoms with van der Waals surface area (Å²) in [5.74, 6) is 0. The predicted octanol–water partition coefficient (Wildman–Crippen LogP) is 2.76. The first-order valence-corrected chi connectivity index (χ1v) is 16.2. The summed E-state index contributed by atoms with van der Waals surface area (Å²) >= 11 is -1.47. The molecule has 8 nitrogen and oxygen atoms in total. The van der Waals surface area contributed by atoms with E-state index in [0.29, 0.717) is 10.4 Å². The first kappa shape index (κ1) is 16.8. The van der Waals surface area contributed by atoms with Crippen LogP contribution in [0.5, 0.6) is 0 Å². The SMILES string of the molecule is O=COC(C[CH2][Hg][Cl])c1ccc([N+](=O)[O-])cc1[N+](=O)[O-]. The Kier molecular flexibility index (Phi) is 6.79. The number of carbonyl (C=O) groups excluding carboxylic acids is 1. The molecule has 0 aliphatic rings. The molecular formula is C10H9ClHgN2O6. The van der Waals surface area contributed by atoms with Crippen LogP contribution in [0.3, 0.4) is 0 Å². The van der Waals surface area contributed by atoms with E-state index in [2.05, 4.69) is 0 Å². The van der Waals surface area contributed by atoms with E-state index in [9.17, 15) is 25.0 Å². The standard InChI is InChI=1S/C10H9N2O6.ClH.Hg/c1-2-10(18-6-13)8-4-3-7(11(14)15)5-9(8)12(16)17;;/h3-6,10H,1-2H2;1H;/q;;+1/p-1. The molecule has 0 heterocycles. The molecule has 20 heavy (non-hydrogen) atoms. The molecule has 0 aromatic heterocycles. The number of nitrogens with zero attached hydrogens (tertiary/aromatic N) is 2. The second-order valence-corrected chi connectivity index (χ2v) is 11.3. The quantitative estimate of drug-likeness (QED) is 0.240. The van der Waals surface area contributed by atoms with Gasteiger partial charge < -0.3 is 0 Å². The molecule has 1 aromatic rings. The number of ether oxygens (including phenoxy) is 1. The van der Waals surface area contributed by atoms with E-state index in [1.807, 2.05) is 0 Å². The number of benzene rings is 1. The molecule has 0 amide bonds. The summed E-state index contributed by atoms with van der Waals surface area (Å²) in [4.78, 5) is 30.7. The normalized spacial score (nSPS) is 11.2. The van der Waals surface area contributed by atoms with Gasteiger partial charge in [0.05, 0.1) is 0 Å². The van der Waals surface area contributed by atoms with Crippen molar-refractivity contribution in [3.05, 3.63) is 44.0 Å². The number of hydrogen-bond acceptors (Lipinski definition) is 6. The van der Waals surface area contributed by atoms with Crippen LogP contribution in [0.4, 0.5) is 11.4 Å². The van der Waals surface area contributed by atoms with Crippen molar-refractivity contribution in [2.75, 3.05) is 0 Å². The van der Waals surface area contributed by atoms with Crippen LogP contribution in [0.1, 0.15) is 18.1 Å². The van der Waals surface area contributed by atoms with Crippen molar-refractivity contribution in [1.29, 1.82) is 0 Å². The molecule has 0 N–H and O–H groups in total. The summed E-state index contributed by atoms with van der Waals surface area (Å²) in [6.07, 6.45) is -0.407. The first-order chi connectivity index (χ1) is 9.51. The van der Waals surface area contributed by atoms with Gasteiger partial charge in [-0.15, -0.1) is 0 Å². The molecule has 1 atom stereocenters. The van der Waals surface area contributed by atoms with Crippen LogP contribution in [0.2, 0.25) is 3.93 Å². The third-order valence-electron chi connectivity index (χ3n) is 2.59. The maximum absolute atomic E-state index is 11.0. The van der Waals surface area contributed by atoms with Crippen molar-refractivity contribution in [2.24, 2.45) is 0 Å². The number of nitro groups is 2. The Morgan fingerprint density at radius 3 is 2.55 bits per heavy atom. The Morgan fingerprint density at radius 1 is 1.35 bits per heavy atom. The molecule has 0 fully saturated rings. The number of hydrogen-bond donors (Lipinski definition) is 0. The van der Waals surface area contributed by atoms with Crippen LogP contribution in [-0.4, -0.2) is 16.3 Å². The van der Waals surface area contributed by atoms with Gasteiger partial charge in [-0.2, -0.15) is 0 Å². The van der Waals surface area contributed by atoms with E-state index >= 15 is 0 Å². The first-order valence-electron chi connectivity index (χ1n) is 5.59. The molecule has 0 aliphatic carbocycles. The summed E-state index contributed by atoms with van der Waals surface area (Å²) in [6.45, 7) is 0.209. The molecule has 0 saturated carbocycles. The summed E-state index contributed by atoms with van der Waals surface area (Å²) in [7, 11) is 5.76. The van der Waals surface area contributed by atoms with Crippen LogP contribution in [0.15, 0.2) is 18.2 Å². The molecule has 1 aromatic carbocycles. The zero-order chi connectivity index (χ0) is 15.1. The zero-order valence-corrected chi connectivity index (χ0v) is 16.5. The van der Waals surface area contributed by atoms with Gasteiger partial charge in [-0.1, -0.05) is 0 Å². The van der Waals surface area contributed by atoms with Crippen LogP contribution in [0.25, 0.3) is 0 Å². The van der Waals surface area contributed by atoms with Gasteiger partial charge in [-0.25, -0.2) is 0 Å². The van der Waals surface area contributed by atoms with Crippen LogP contribution in [0, 0.1) is 20.2 Å². The van der Waals surface area contributed by atoms with Gasteiger partial charge in [0.15, 0.2) is 0 Å². The predicted molar refractivity (Wildman–Crippen MR) is 64.9 cm³/mol. The van der Waals surface area contributed by atoms with Gasteiger partial charge in [0.1, 0.15) is 0 Å². The van der Waals surface area contributed by atoms with E-state index in [4.69, 9.17) is 13.0 Å². The molecule has 0 radical (unpaired) electrons. The van der Waals surface area contributed by atoms with Crippen molar-refractivity contribution >= 4 is 26.1 Å². The van der Waals surface area contributed by atoms with Gasteiger partial charge in [-0.3, -0.25) is 0 Å². The minimum atomic E-state index is -1.47. The topological polar surface area (TPSA) is 113 Å². The van der Waals surface area contributed by atoms with Crippen molar-refractivity contribution < 1.29 is 42.7 Å². The molecule has 1 rings (SSSR count). The molecule has 0 spiro atoms. The molecule has 104 valence electrons. The number of non-ortho nitro benzene ring substituents is 1. The molecule has 1 unspecified atom stereocenters. The number of nitro benzene ring substituents is 2. The van der Waals surface area contributed by atoms with Gasteiger partial charge in [-0.05, 0) is 0 Å². The summed E-state index contributed by atoms with van der Waals surface area (Å²) in [5.41, 5.74) is -0.675. The summed E-state index contributed by atoms with van der Waals surface area (Å²) < 4.78 is 5.55. The Balaban J connectivity index is 3.21. The van der Waals surface area contributed by atoms with E-state index < -0.39 is 45.0 Å². The number of rotatable bonds is 8. The van der Waals surface area contributed by atoms with E-state index in [1.165, 1.54) is 6.07 Å². The van der Waals surface area contributed by atoms with Gasteiger partial charge in [0.2, 0.25) is 0 Å². The van der Waals surface area contributed by atoms with Crippen LogP contribution in [-0.2, 0) is 32.9 Å². The number of halogens is 1. The second-order valence-electron chi connectivity index (χ2n) is 3.81. The molecule has 0 saturated heterocycles. The van der Waals surface area contributed by atoms with E-state index in [1.54, 1.807) is 0 Å². The Hall–Kier alpha value is -1.28. The average Bonchev–Trinajstić information content (AvgIpc) is 2.42. The van der Waals surface area contributed by atoms with Crippen molar-refractivity contribution in [2.45, 2.75) is 16.5 Å². The molecule has 0 aliphatic heterocycles. The van der Waals surface area contributed by atoms with Gasteiger partial charge in [0.25, 0.3) is 0 Å². The van der Waals surface area contributed by atoms with Gasteiger partial charge >= 0.3 is 129 Å². The van der Waals surface area contributed by atoms with E-state index in [-0.39, 0.29) is 17.7 Å². The van der Waals surface area contributed by atoms with Crippen molar-refractivity contribution in [1.82, 2.24) is 0 Å². The minimum absolute atomic E-state index is 0.145. The van der Waals surface area contributed by atoms with Crippen molar-refractivity contribution in [3.8, 4) is 0 Å². The Morgan fingerprint density at radius 2 is 2.05 bits per heavy atom. The molecule has 0 bridgehead atoms. The molecule has 10 heteroatoms. The van der Waals surface area contributed by atoms with Gasteiger partial charge in [0, 0.05) is 0 Å². The Labute approximate surface area is 129 Å². The van der Waals surface area contributed by atoms with Crippen LogP contribution < -0.4 is 0 Å². The fourth-order valence-electron chi connectivity index (χ4n) is 1.70. The third kappa shape index (κ3) is 4.38. The fourth-order valence-corrected chi connectivity index (χ4v) is 5.10. The number of carbonyl (C=O) groups is 1. The van der Waals surface area contributed by atoms with E-state index in [0.717, 1.165) is 12.1 Å². The summed E-state index contributed by atoms with van der Waals surface area (Å²) in [5, 5.41) is 21.6.